The summed E-state index contributed by atoms with van der Waals surface area (Å²) in [5.41, 5.74) is 0. The smallest absolute Gasteiger partial charge is 0.124 e. The summed E-state index contributed by atoms with van der Waals surface area (Å²) in [6, 6.07) is 3.55. The molecule has 6 heteroatoms. The first kappa shape index (κ1) is 12.9. The SMILES string of the molecule is OCCOCCOc1cc(Br)nc(Br)c1. The van der Waals surface area contributed by atoms with Gasteiger partial charge in [0.1, 0.15) is 21.6 Å². The van der Waals surface area contributed by atoms with Gasteiger partial charge in [-0.3, -0.25) is 0 Å². The summed E-state index contributed by atoms with van der Waals surface area (Å²) in [5, 5.41) is 8.47. The Balaban J connectivity index is 2.31. The minimum absolute atomic E-state index is 0.0341. The van der Waals surface area contributed by atoms with Gasteiger partial charge < -0.3 is 14.6 Å². The van der Waals surface area contributed by atoms with Crippen LogP contribution in [0.3, 0.4) is 0 Å². The summed E-state index contributed by atoms with van der Waals surface area (Å²) in [6.07, 6.45) is 0. The van der Waals surface area contributed by atoms with E-state index in [2.05, 4.69) is 36.8 Å². The molecule has 1 heterocycles. The first-order valence-corrected chi connectivity index (χ1v) is 5.95. The summed E-state index contributed by atoms with van der Waals surface area (Å²) >= 11 is 6.52. The van der Waals surface area contributed by atoms with Crippen LogP contribution in [0.4, 0.5) is 0 Å². The zero-order valence-electron chi connectivity index (χ0n) is 7.95. The predicted molar refractivity (Wildman–Crippen MR) is 63.0 cm³/mol. The molecule has 0 unspecified atom stereocenters. The number of pyridine rings is 1. The van der Waals surface area contributed by atoms with Gasteiger partial charge in [-0.15, -0.1) is 0 Å². The van der Waals surface area contributed by atoms with Crippen LogP contribution in [0.25, 0.3) is 0 Å². The topological polar surface area (TPSA) is 51.6 Å². The molecule has 15 heavy (non-hydrogen) atoms. The third-order valence-corrected chi connectivity index (χ3v) is 2.28. The standard InChI is InChI=1S/C9H11Br2NO3/c10-8-5-7(6-9(11)12-8)15-4-3-14-2-1-13/h5-6,13H,1-4H2. The third kappa shape index (κ3) is 5.46. The van der Waals surface area contributed by atoms with Gasteiger partial charge in [0.05, 0.1) is 19.8 Å². The molecule has 1 aromatic heterocycles. The average molecular weight is 341 g/mol. The summed E-state index contributed by atoms with van der Waals surface area (Å²) in [6.45, 7) is 1.28. The van der Waals surface area contributed by atoms with Crippen LogP contribution in [0.2, 0.25) is 0 Å². The highest BCUT2D eigenvalue weighted by Crippen LogP contribution is 2.21. The molecule has 1 N–H and O–H groups in total. The summed E-state index contributed by atoms with van der Waals surface area (Å²) < 4.78 is 11.9. The zero-order chi connectivity index (χ0) is 11.1. The molecule has 0 bridgehead atoms. The molecule has 0 aliphatic carbocycles. The average Bonchev–Trinajstić information content (AvgIpc) is 2.16. The van der Waals surface area contributed by atoms with E-state index in [1.807, 2.05) is 0 Å². The number of hydrogen-bond donors (Lipinski definition) is 1. The number of halogens is 2. The van der Waals surface area contributed by atoms with Gasteiger partial charge in [-0.2, -0.15) is 0 Å². The van der Waals surface area contributed by atoms with Gasteiger partial charge in [0, 0.05) is 12.1 Å². The maximum Gasteiger partial charge on any atom is 0.124 e. The Morgan fingerprint density at radius 1 is 1.13 bits per heavy atom. The minimum atomic E-state index is 0.0341. The van der Waals surface area contributed by atoms with Crippen LogP contribution in [0, 0.1) is 0 Å². The number of aliphatic hydroxyl groups excluding tert-OH is 1. The molecule has 0 radical (unpaired) electrons. The molecule has 0 saturated carbocycles. The van der Waals surface area contributed by atoms with Crippen molar-refractivity contribution in [2.24, 2.45) is 0 Å². The van der Waals surface area contributed by atoms with Crippen LogP contribution in [0.1, 0.15) is 0 Å². The number of ether oxygens (including phenoxy) is 2. The fourth-order valence-corrected chi connectivity index (χ4v) is 1.98. The van der Waals surface area contributed by atoms with Gasteiger partial charge in [-0.25, -0.2) is 4.98 Å². The van der Waals surface area contributed by atoms with Crippen molar-refractivity contribution in [2.75, 3.05) is 26.4 Å². The van der Waals surface area contributed by atoms with Crippen molar-refractivity contribution in [3.8, 4) is 5.75 Å². The van der Waals surface area contributed by atoms with Crippen molar-refractivity contribution in [3.05, 3.63) is 21.3 Å². The van der Waals surface area contributed by atoms with Crippen LogP contribution >= 0.6 is 31.9 Å². The van der Waals surface area contributed by atoms with Gasteiger partial charge in [0.15, 0.2) is 0 Å². The molecule has 0 aliphatic rings. The highest BCUT2D eigenvalue weighted by molar-refractivity contribution is 9.11. The van der Waals surface area contributed by atoms with Crippen molar-refractivity contribution in [3.63, 3.8) is 0 Å². The predicted octanol–water partition coefficient (Wildman–Crippen LogP) is 1.99. The largest absolute Gasteiger partial charge is 0.491 e. The highest BCUT2D eigenvalue weighted by Gasteiger charge is 1.99. The lowest BCUT2D eigenvalue weighted by Crippen LogP contribution is -2.09. The van der Waals surface area contributed by atoms with Crippen molar-refractivity contribution in [1.29, 1.82) is 0 Å². The number of nitrogens with zero attached hydrogens (tertiary/aromatic N) is 1. The lowest BCUT2D eigenvalue weighted by molar-refractivity contribution is 0.0705. The molecule has 0 amide bonds. The summed E-state index contributed by atoms with van der Waals surface area (Å²) in [5.74, 6) is 0.719. The maximum absolute atomic E-state index is 8.47. The fraction of sp³-hybridized carbons (Fsp3) is 0.444. The zero-order valence-corrected chi connectivity index (χ0v) is 11.1. The maximum atomic E-state index is 8.47. The van der Waals surface area contributed by atoms with Crippen LogP contribution in [0.5, 0.6) is 5.75 Å². The molecule has 0 atom stereocenters. The van der Waals surface area contributed by atoms with Gasteiger partial charge >= 0.3 is 0 Å². The van der Waals surface area contributed by atoms with Gasteiger partial charge in [-0.1, -0.05) is 0 Å². The number of aliphatic hydroxyl groups is 1. The molecule has 0 fully saturated rings. The van der Waals surface area contributed by atoms with E-state index in [1.165, 1.54) is 0 Å². The molecular formula is C9H11Br2NO3. The van der Waals surface area contributed by atoms with E-state index in [9.17, 15) is 0 Å². The molecular weight excluding hydrogens is 330 g/mol. The second kappa shape index (κ2) is 7.16. The van der Waals surface area contributed by atoms with Crippen molar-refractivity contribution in [2.45, 2.75) is 0 Å². The second-order valence-corrected chi connectivity index (χ2v) is 4.26. The monoisotopic (exact) mass is 339 g/mol. The van der Waals surface area contributed by atoms with Crippen LogP contribution in [0.15, 0.2) is 21.3 Å². The molecule has 4 nitrogen and oxygen atoms in total. The Kier molecular flexibility index (Phi) is 6.16. The van der Waals surface area contributed by atoms with E-state index < -0.39 is 0 Å². The normalized spacial score (nSPS) is 10.3. The molecule has 0 aromatic carbocycles. The third-order valence-electron chi connectivity index (χ3n) is 1.47. The van der Waals surface area contributed by atoms with Gasteiger partial charge in [0.2, 0.25) is 0 Å². The lowest BCUT2D eigenvalue weighted by Gasteiger charge is -2.06. The Hall–Kier alpha value is -0.170. The molecule has 1 rings (SSSR count). The van der Waals surface area contributed by atoms with Crippen LogP contribution < -0.4 is 4.74 Å². The van der Waals surface area contributed by atoms with Crippen molar-refractivity contribution in [1.82, 2.24) is 4.98 Å². The van der Waals surface area contributed by atoms with Crippen LogP contribution in [-0.2, 0) is 4.74 Å². The first-order valence-electron chi connectivity index (χ1n) is 4.37. The van der Waals surface area contributed by atoms with E-state index in [0.717, 1.165) is 5.75 Å². The molecule has 1 aromatic rings. The van der Waals surface area contributed by atoms with E-state index >= 15 is 0 Å². The highest BCUT2D eigenvalue weighted by atomic mass is 79.9. The Labute approximate surface area is 105 Å². The Morgan fingerprint density at radius 3 is 2.40 bits per heavy atom. The quantitative estimate of drug-likeness (QED) is 0.635. The molecule has 0 saturated heterocycles. The van der Waals surface area contributed by atoms with E-state index in [0.29, 0.717) is 29.0 Å². The second-order valence-electron chi connectivity index (χ2n) is 2.63. The Morgan fingerprint density at radius 2 is 1.80 bits per heavy atom. The Bertz CT molecular complexity index is 289. The molecule has 0 spiro atoms. The van der Waals surface area contributed by atoms with Crippen LogP contribution in [-0.4, -0.2) is 36.5 Å². The first-order chi connectivity index (χ1) is 7.22. The van der Waals surface area contributed by atoms with E-state index in [4.69, 9.17) is 14.6 Å². The van der Waals surface area contributed by atoms with Gasteiger partial charge in [-0.05, 0) is 31.9 Å². The van der Waals surface area contributed by atoms with Gasteiger partial charge in [0.25, 0.3) is 0 Å². The van der Waals surface area contributed by atoms with Crippen molar-refractivity contribution >= 4 is 31.9 Å². The molecule has 84 valence electrons. The van der Waals surface area contributed by atoms with E-state index in [-0.39, 0.29) is 6.61 Å². The minimum Gasteiger partial charge on any atom is -0.491 e. The fourth-order valence-electron chi connectivity index (χ4n) is 0.911. The number of aromatic nitrogens is 1. The lowest BCUT2D eigenvalue weighted by atomic mass is 10.4. The summed E-state index contributed by atoms with van der Waals surface area (Å²) in [7, 11) is 0. The number of hydrogen-bond acceptors (Lipinski definition) is 4. The number of rotatable bonds is 6. The van der Waals surface area contributed by atoms with Crippen molar-refractivity contribution < 1.29 is 14.6 Å². The summed E-state index contributed by atoms with van der Waals surface area (Å²) in [4.78, 5) is 4.08. The van der Waals surface area contributed by atoms with E-state index in [1.54, 1.807) is 12.1 Å². The molecule has 0 aliphatic heterocycles.